The Morgan fingerprint density at radius 1 is 1.30 bits per heavy atom. The molecule has 20 heavy (non-hydrogen) atoms. The number of piperazine rings is 1. The number of carboxylic acid groups (broad SMARTS) is 1. The first kappa shape index (κ1) is 14.5. The molecule has 1 saturated heterocycles. The van der Waals surface area contributed by atoms with Gasteiger partial charge in [0.1, 0.15) is 5.69 Å². The summed E-state index contributed by atoms with van der Waals surface area (Å²) < 4.78 is 0. The SMILES string of the molecule is CC1CN(C(=O)c2ncccc2C(=O)O)CC(C)N1C. The normalized spacial score (nSPS) is 23.6. The number of amides is 1. The smallest absolute Gasteiger partial charge is 0.338 e. The van der Waals surface area contributed by atoms with Crippen LogP contribution in [0, 0.1) is 0 Å². The lowest BCUT2D eigenvalue weighted by Gasteiger charge is -2.42. The molecule has 2 heterocycles. The molecule has 108 valence electrons. The summed E-state index contributed by atoms with van der Waals surface area (Å²) in [5, 5.41) is 9.14. The average Bonchev–Trinajstić information content (AvgIpc) is 2.43. The number of carboxylic acids is 1. The first-order valence-electron chi connectivity index (χ1n) is 6.61. The van der Waals surface area contributed by atoms with Crippen molar-refractivity contribution in [1.82, 2.24) is 14.8 Å². The van der Waals surface area contributed by atoms with Crippen molar-refractivity contribution in [2.45, 2.75) is 25.9 Å². The van der Waals surface area contributed by atoms with Crippen molar-refractivity contribution in [3.05, 3.63) is 29.6 Å². The number of hydrogen-bond acceptors (Lipinski definition) is 4. The van der Waals surface area contributed by atoms with E-state index in [1.165, 1.54) is 18.3 Å². The van der Waals surface area contributed by atoms with Crippen LogP contribution in [0.3, 0.4) is 0 Å². The van der Waals surface area contributed by atoms with Crippen LogP contribution in [0.15, 0.2) is 18.3 Å². The first-order valence-corrected chi connectivity index (χ1v) is 6.61. The topological polar surface area (TPSA) is 73.7 Å². The molecule has 0 aliphatic carbocycles. The van der Waals surface area contributed by atoms with Gasteiger partial charge in [0.15, 0.2) is 0 Å². The van der Waals surface area contributed by atoms with Gasteiger partial charge < -0.3 is 10.0 Å². The molecule has 0 bridgehead atoms. The maximum Gasteiger partial charge on any atom is 0.338 e. The fourth-order valence-corrected chi connectivity index (χ4v) is 2.47. The van der Waals surface area contributed by atoms with Gasteiger partial charge in [0.05, 0.1) is 5.56 Å². The number of pyridine rings is 1. The van der Waals surface area contributed by atoms with Crippen molar-refractivity contribution < 1.29 is 14.7 Å². The Hall–Kier alpha value is -1.95. The second kappa shape index (κ2) is 5.58. The van der Waals surface area contributed by atoms with Gasteiger partial charge in [0.2, 0.25) is 0 Å². The predicted octanol–water partition coefficient (Wildman–Crippen LogP) is 0.944. The zero-order valence-corrected chi connectivity index (χ0v) is 11.9. The lowest BCUT2D eigenvalue weighted by molar-refractivity contribution is 0.0404. The monoisotopic (exact) mass is 277 g/mol. The highest BCUT2D eigenvalue weighted by Gasteiger charge is 2.31. The van der Waals surface area contributed by atoms with Crippen LogP contribution in [0.25, 0.3) is 0 Å². The van der Waals surface area contributed by atoms with Gasteiger partial charge in [-0.1, -0.05) is 0 Å². The van der Waals surface area contributed by atoms with Crippen molar-refractivity contribution in [3.8, 4) is 0 Å². The van der Waals surface area contributed by atoms with Crippen LogP contribution in [-0.4, -0.2) is 64.0 Å². The molecule has 6 nitrogen and oxygen atoms in total. The minimum Gasteiger partial charge on any atom is -0.478 e. The van der Waals surface area contributed by atoms with E-state index in [-0.39, 0.29) is 29.2 Å². The molecule has 1 aliphatic heterocycles. The lowest BCUT2D eigenvalue weighted by atomic mass is 10.1. The highest BCUT2D eigenvalue weighted by molar-refractivity contribution is 6.03. The molecule has 6 heteroatoms. The standard InChI is InChI=1S/C14H19N3O3/c1-9-7-17(8-10(2)16(9)3)13(18)12-11(14(19)20)5-4-6-15-12/h4-6,9-10H,7-8H2,1-3H3,(H,19,20). The molecule has 1 fully saturated rings. The van der Waals surface area contributed by atoms with Gasteiger partial charge in [-0.2, -0.15) is 0 Å². The number of aromatic carboxylic acids is 1. The summed E-state index contributed by atoms with van der Waals surface area (Å²) in [4.78, 5) is 31.5. The molecule has 1 aromatic heterocycles. The molecule has 0 saturated carbocycles. The number of rotatable bonds is 2. The number of aromatic nitrogens is 1. The second-order valence-corrected chi connectivity index (χ2v) is 5.28. The Morgan fingerprint density at radius 3 is 2.45 bits per heavy atom. The summed E-state index contributed by atoms with van der Waals surface area (Å²) in [6.07, 6.45) is 1.45. The van der Waals surface area contributed by atoms with Crippen LogP contribution in [0.5, 0.6) is 0 Å². The number of carbonyl (C=O) groups excluding carboxylic acids is 1. The highest BCUT2D eigenvalue weighted by atomic mass is 16.4. The molecular weight excluding hydrogens is 258 g/mol. The van der Waals surface area contributed by atoms with Crippen LogP contribution in [-0.2, 0) is 0 Å². The molecule has 0 spiro atoms. The minimum absolute atomic E-state index is 0.0175. The van der Waals surface area contributed by atoms with Gasteiger partial charge in [0.25, 0.3) is 5.91 Å². The molecule has 0 aromatic carbocycles. The van der Waals surface area contributed by atoms with Crippen LogP contribution >= 0.6 is 0 Å². The van der Waals surface area contributed by atoms with Crippen molar-refractivity contribution in [2.75, 3.05) is 20.1 Å². The zero-order valence-electron chi connectivity index (χ0n) is 11.9. The van der Waals surface area contributed by atoms with E-state index in [9.17, 15) is 9.59 Å². The molecule has 1 aliphatic rings. The molecular formula is C14H19N3O3. The van der Waals surface area contributed by atoms with Crippen LogP contribution in [0.4, 0.5) is 0 Å². The van der Waals surface area contributed by atoms with Crippen LogP contribution in [0.1, 0.15) is 34.7 Å². The van der Waals surface area contributed by atoms with E-state index in [0.29, 0.717) is 13.1 Å². The van der Waals surface area contributed by atoms with Crippen molar-refractivity contribution in [1.29, 1.82) is 0 Å². The summed E-state index contributed by atoms with van der Waals surface area (Å²) >= 11 is 0. The fourth-order valence-electron chi connectivity index (χ4n) is 2.47. The van der Waals surface area contributed by atoms with E-state index < -0.39 is 5.97 Å². The molecule has 1 aromatic rings. The maximum absolute atomic E-state index is 12.5. The number of carbonyl (C=O) groups is 2. The third kappa shape index (κ3) is 2.65. The molecule has 1 amide bonds. The van der Waals surface area contributed by atoms with Gasteiger partial charge in [-0.05, 0) is 33.0 Å². The first-order chi connectivity index (χ1) is 9.41. The Morgan fingerprint density at radius 2 is 1.90 bits per heavy atom. The Bertz CT molecular complexity index is 520. The van der Waals surface area contributed by atoms with E-state index in [0.717, 1.165) is 0 Å². The quantitative estimate of drug-likeness (QED) is 0.871. The second-order valence-electron chi connectivity index (χ2n) is 5.28. The summed E-state index contributed by atoms with van der Waals surface area (Å²) in [5.74, 6) is -1.44. The number of likely N-dealkylation sites (N-methyl/N-ethyl adjacent to an activating group) is 1. The van der Waals surface area contributed by atoms with Crippen molar-refractivity contribution >= 4 is 11.9 Å². The van der Waals surface area contributed by atoms with E-state index >= 15 is 0 Å². The van der Waals surface area contributed by atoms with E-state index in [2.05, 4.69) is 9.88 Å². The van der Waals surface area contributed by atoms with Gasteiger partial charge in [-0.15, -0.1) is 0 Å². The third-order valence-corrected chi connectivity index (χ3v) is 3.89. The average molecular weight is 277 g/mol. The summed E-state index contributed by atoms with van der Waals surface area (Å²) in [6.45, 7) is 5.25. The number of nitrogens with zero attached hydrogens (tertiary/aromatic N) is 3. The molecule has 2 rings (SSSR count). The minimum atomic E-state index is -1.13. The van der Waals surface area contributed by atoms with Gasteiger partial charge in [-0.25, -0.2) is 4.79 Å². The van der Waals surface area contributed by atoms with Crippen molar-refractivity contribution in [2.24, 2.45) is 0 Å². The zero-order chi connectivity index (χ0) is 14.9. The Labute approximate surface area is 118 Å². The molecule has 1 N–H and O–H groups in total. The third-order valence-electron chi connectivity index (χ3n) is 3.89. The highest BCUT2D eigenvalue weighted by Crippen LogP contribution is 2.17. The Balaban J connectivity index is 2.26. The van der Waals surface area contributed by atoms with E-state index in [4.69, 9.17) is 5.11 Å². The fraction of sp³-hybridized carbons (Fsp3) is 0.500. The molecule has 2 unspecified atom stereocenters. The van der Waals surface area contributed by atoms with Gasteiger partial charge >= 0.3 is 5.97 Å². The van der Waals surface area contributed by atoms with Gasteiger partial charge in [0, 0.05) is 31.4 Å². The Kier molecular flexibility index (Phi) is 4.04. The maximum atomic E-state index is 12.5. The molecule has 2 atom stereocenters. The summed E-state index contributed by atoms with van der Waals surface area (Å²) in [5.41, 5.74) is -0.0271. The van der Waals surface area contributed by atoms with Crippen LogP contribution < -0.4 is 0 Å². The number of hydrogen-bond donors (Lipinski definition) is 1. The lowest BCUT2D eigenvalue weighted by Crippen LogP contribution is -2.56. The van der Waals surface area contributed by atoms with Gasteiger partial charge in [-0.3, -0.25) is 14.7 Å². The van der Waals surface area contributed by atoms with Crippen LogP contribution in [0.2, 0.25) is 0 Å². The van der Waals surface area contributed by atoms with Crippen molar-refractivity contribution in [3.63, 3.8) is 0 Å². The van der Waals surface area contributed by atoms with E-state index in [1.54, 1.807) is 4.90 Å². The molecule has 0 radical (unpaired) electrons. The van der Waals surface area contributed by atoms with E-state index in [1.807, 2.05) is 20.9 Å². The summed E-state index contributed by atoms with van der Waals surface area (Å²) in [6, 6.07) is 3.40. The summed E-state index contributed by atoms with van der Waals surface area (Å²) in [7, 11) is 2.03. The largest absolute Gasteiger partial charge is 0.478 e. The predicted molar refractivity (Wildman–Crippen MR) is 73.8 cm³/mol.